The number of rotatable bonds is 25. The molecule has 0 bridgehead atoms. The number of ether oxygens (including phenoxy) is 2. The van der Waals surface area contributed by atoms with Crippen molar-refractivity contribution in [2.45, 2.75) is 153 Å². The van der Waals surface area contributed by atoms with Gasteiger partial charge < -0.3 is 9.47 Å². The van der Waals surface area contributed by atoms with Crippen molar-refractivity contribution in [1.29, 1.82) is 0 Å². The molecule has 0 saturated carbocycles. The molecule has 0 amide bonds. The minimum Gasteiger partial charge on any atom is -0.466 e. The molecule has 0 aromatic rings. The van der Waals surface area contributed by atoms with Gasteiger partial charge in [-0.05, 0) is 12.8 Å². The minimum atomic E-state index is -1.44. The summed E-state index contributed by atoms with van der Waals surface area (Å²) in [5.74, 6) is -1.01. The van der Waals surface area contributed by atoms with Crippen LogP contribution in [0.25, 0.3) is 0 Å². The summed E-state index contributed by atoms with van der Waals surface area (Å²) in [4.78, 5) is 24.3. The van der Waals surface area contributed by atoms with Gasteiger partial charge in [0, 0.05) is 0 Å². The predicted molar refractivity (Wildman–Crippen MR) is 151 cm³/mol. The van der Waals surface area contributed by atoms with E-state index in [1.54, 1.807) is 0 Å². The number of hydrogen-bond donors (Lipinski definition) is 2. The number of unbranched alkanes of at least 4 members (excludes halogenated alkanes) is 18. The monoisotopic (exact) mass is 518 g/mol. The van der Waals surface area contributed by atoms with Crippen molar-refractivity contribution in [2.75, 3.05) is 13.2 Å². The second-order valence-corrected chi connectivity index (χ2v) is 11.6. The van der Waals surface area contributed by atoms with Crippen LogP contribution < -0.4 is 0 Å². The van der Waals surface area contributed by atoms with Gasteiger partial charge in [-0.3, -0.25) is 4.79 Å². The predicted octanol–water partition coefficient (Wildman–Crippen LogP) is 8.86. The summed E-state index contributed by atoms with van der Waals surface area (Å²) in [6.07, 6.45) is 24.4. The zero-order valence-electron chi connectivity index (χ0n) is 22.3. The van der Waals surface area contributed by atoms with E-state index in [0.29, 0.717) is 13.2 Å². The number of carbonyl (C=O) groups excluding carboxylic acids is 2. The van der Waals surface area contributed by atoms with E-state index in [0.717, 1.165) is 25.7 Å². The highest BCUT2D eigenvalue weighted by atomic mass is 32.2. The highest BCUT2D eigenvalue weighted by Crippen LogP contribution is 2.27. The molecule has 0 fully saturated rings. The van der Waals surface area contributed by atoms with E-state index in [4.69, 9.17) is 9.47 Å². The topological polar surface area (TPSA) is 52.6 Å². The molecule has 34 heavy (non-hydrogen) atoms. The van der Waals surface area contributed by atoms with Gasteiger partial charge in [0.25, 0.3) is 0 Å². The Morgan fingerprint density at radius 2 is 0.853 bits per heavy atom. The van der Waals surface area contributed by atoms with Crippen molar-refractivity contribution >= 4 is 37.2 Å². The molecular weight excluding hydrogens is 464 g/mol. The number of carbonyl (C=O) groups is 2. The first-order chi connectivity index (χ1) is 16.4. The Morgan fingerprint density at radius 3 is 1.24 bits per heavy atom. The minimum absolute atomic E-state index is 0.187. The molecule has 0 unspecified atom stereocenters. The van der Waals surface area contributed by atoms with Gasteiger partial charge in [-0.1, -0.05) is 129 Å². The highest BCUT2D eigenvalue weighted by molar-refractivity contribution is 8.02. The molecule has 0 aliphatic rings. The molecule has 4 nitrogen and oxygen atoms in total. The van der Waals surface area contributed by atoms with Crippen molar-refractivity contribution in [3.05, 3.63) is 0 Å². The molecule has 0 atom stereocenters. The quantitative estimate of drug-likeness (QED) is 0.0548. The molecule has 0 aromatic carbocycles. The highest BCUT2D eigenvalue weighted by Gasteiger charge is 2.35. The molecule has 0 aliphatic carbocycles. The van der Waals surface area contributed by atoms with Crippen LogP contribution >= 0.6 is 25.3 Å². The lowest BCUT2D eigenvalue weighted by atomic mass is 10.1. The van der Waals surface area contributed by atoms with Gasteiger partial charge >= 0.3 is 11.9 Å². The third-order valence-electron chi connectivity index (χ3n) is 6.21. The maximum absolute atomic E-state index is 12.2. The third-order valence-corrected chi connectivity index (χ3v) is 6.89. The first-order valence-electron chi connectivity index (χ1n) is 14.2. The molecule has 6 heteroatoms. The Bertz CT molecular complexity index is 483. The van der Waals surface area contributed by atoms with E-state index in [-0.39, 0.29) is 6.42 Å². The van der Waals surface area contributed by atoms with Crippen LogP contribution in [0.15, 0.2) is 0 Å². The number of thiol groups is 2. The lowest BCUT2D eigenvalue weighted by Crippen LogP contribution is -2.32. The Morgan fingerprint density at radius 1 is 0.529 bits per heavy atom. The number of hydrogen-bond acceptors (Lipinski definition) is 6. The molecule has 202 valence electrons. The van der Waals surface area contributed by atoms with Gasteiger partial charge in [0.05, 0.1) is 19.6 Å². The van der Waals surface area contributed by atoms with Crippen molar-refractivity contribution in [3.8, 4) is 0 Å². The summed E-state index contributed by atoms with van der Waals surface area (Å²) in [5, 5.41) is 0. The van der Waals surface area contributed by atoms with Crippen LogP contribution in [0.4, 0.5) is 0 Å². The molecule has 0 spiro atoms. The Balaban J connectivity index is 3.63. The second kappa shape index (κ2) is 24.3. The average molecular weight is 519 g/mol. The first-order valence-corrected chi connectivity index (χ1v) is 15.1. The Labute approximate surface area is 221 Å². The summed E-state index contributed by atoms with van der Waals surface area (Å²) in [6, 6.07) is 0. The van der Waals surface area contributed by atoms with Crippen LogP contribution in [0.5, 0.6) is 0 Å². The van der Waals surface area contributed by atoms with Crippen LogP contribution in [0.1, 0.15) is 149 Å². The van der Waals surface area contributed by atoms with E-state index in [2.05, 4.69) is 39.1 Å². The zero-order chi connectivity index (χ0) is 25.3. The lowest BCUT2D eigenvalue weighted by Gasteiger charge is -2.19. The van der Waals surface area contributed by atoms with E-state index >= 15 is 0 Å². The van der Waals surface area contributed by atoms with Crippen LogP contribution in [-0.4, -0.2) is 29.2 Å². The molecular formula is C28H54O4S2. The lowest BCUT2D eigenvalue weighted by molar-refractivity contribution is -0.150. The summed E-state index contributed by atoms with van der Waals surface area (Å²) < 4.78 is 9.12. The average Bonchev–Trinajstić information content (AvgIpc) is 2.80. The van der Waals surface area contributed by atoms with Crippen LogP contribution in [0.2, 0.25) is 0 Å². The van der Waals surface area contributed by atoms with Crippen molar-refractivity contribution in [3.63, 3.8) is 0 Å². The van der Waals surface area contributed by atoms with Gasteiger partial charge in [-0.2, -0.15) is 0 Å². The molecule has 0 radical (unpaired) electrons. The van der Waals surface area contributed by atoms with Gasteiger partial charge in [0.2, 0.25) is 0 Å². The zero-order valence-corrected chi connectivity index (χ0v) is 24.1. The van der Waals surface area contributed by atoms with Gasteiger partial charge in [-0.15, -0.1) is 25.3 Å². The summed E-state index contributed by atoms with van der Waals surface area (Å²) in [6.45, 7) is 5.22. The molecule has 0 saturated heterocycles. The fourth-order valence-corrected chi connectivity index (χ4v) is 4.36. The van der Waals surface area contributed by atoms with Crippen LogP contribution in [0.3, 0.4) is 0 Å². The SMILES string of the molecule is CCCCCCCCCCCCOC(=O)CC(S)(S)C(=O)OCCCCCCCCCCCC. The van der Waals surface area contributed by atoms with Gasteiger partial charge in [0.1, 0.15) is 0 Å². The third kappa shape index (κ3) is 22.1. The van der Waals surface area contributed by atoms with Crippen molar-refractivity contribution in [1.82, 2.24) is 0 Å². The van der Waals surface area contributed by atoms with E-state index in [9.17, 15) is 9.59 Å². The normalized spacial score (nSPS) is 11.5. The fraction of sp³-hybridized carbons (Fsp3) is 0.929. The molecule has 0 heterocycles. The van der Waals surface area contributed by atoms with Crippen LogP contribution in [0, 0.1) is 0 Å². The maximum Gasteiger partial charge on any atom is 0.332 e. The number of esters is 2. The molecule has 0 aliphatic heterocycles. The summed E-state index contributed by atoms with van der Waals surface area (Å²) >= 11 is 8.50. The standard InChI is InChI=1S/C28H54O4S2/c1-3-5-7-9-11-13-15-17-19-21-23-31-26(29)25-28(33,34)27(30)32-24-22-20-18-16-14-12-10-8-6-4-2/h33-34H,3-25H2,1-2H3. The molecule has 0 N–H and O–H groups in total. The first kappa shape index (κ1) is 33.6. The second-order valence-electron chi connectivity index (χ2n) is 9.71. The van der Waals surface area contributed by atoms with E-state index in [1.165, 1.54) is 103 Å². The summed E-state index contributed by atoms with van der Waals surface area (Å²) in [5.41, 5.74) is 0. The molecule has 0 aromatic heterocycles. The molecule has 0 rings (SSSR count). The largest absolute Gasteiger partial charge is 0.466 e. The summed E-state index contributed by atoms with van der Waals surface area (Å²) in [7, 11) is 0. The van der Waals surface area contributed by atoms with Crippen molar-refractivity contribution in [2.24, 2.45) is 0 Å². The smallest absolute Gasteiger partial charge is 0.332 e. The van der Waals surface area contributed by atoms with Gasteiger partial charge in [0.15, 0.2) is 4.08 Å². The van der Waals surface area contributed by atoms with Crippen LogP contribution in [-0.2, 0) is 19.1 Å². The van der Waals surface area contributed by atoms with E-state index in [1.807, 2.05) is 0 Å². The van der Waals surface area contributed by atoms with Gasteiger partial charge in [-0.25, -0.2) is 4.79 Å². The fourth-order valence-electron chi connectivity index (χ4n) is 3.97. The maximum atomic E-state index is 12.2. The Kier molecular flexibility index (Phi) is 24.1. The van der Waals surface area contributed by atoms with E-state index < -0.39 is 16.0 Å². The Hall–Kier alpha value is -0.360. The van der Waals surface area contributed by atoms with Crippen molar-refractivity contribution < 1.29 is 19.1 Å².